The highest BCUT2D eigenvalue weighted by atomic mass is 35.7. The van der Waals surface area contributed by atoms with Crippen LogP contribution in [0, 0.1) is 5.92 Å². The molecule has 0 saturated carbocycles. The standard InChI is InChI=1S/C11H14ClNO3S2/c1-8-4-5-13(7-8)10(14)6-9-2-3-11(17-9)18(12,15)16/h2-3,8H,4-7H2,1H3. The van der Waals surface area contributed by atoms with Crippen LogP contribution in [-0.2, 0) is 20.3 Å². The fourth-order valence-electron chi connectivity index (χ4n) is 2.01. The minimum Gasteiger partial charge on any atom is -0.342 e. The average Bonchev–Trinajstić information content (AvgIpc) is 2.85. The van der Waals surface area contributed by atoms with E-state index in [0.29, 0.717) is 5.92 Å². The highest BCUT2D eigenvalue weighted by molar-refractivity contribution is 8.15. The second-order valence-electron chi connectivity index (χ2n) is 4.57. The number of likely N-dealkylation sites (tertiary alicyclic amines) is 1. The van der Waals surface area contributed by atoms with E-state index in [1.807, 2.05) is 4.90 Å². The number of amides is 1. The number of hydrogen-bond acceptors (Lipinski definition) is 4. The zero-order valence-corrected chi connectivity index (χ0v) is 12.3. The Hall–Kier alpha value is -0.590. The lowest BCUT2D eigenvalue weighted by molar-refractivity contribution is -0.129. The van der Waals surface area contributed by atoms with Gasteiger partial charge < -0.3 is 4.90 Å². The maximum atomic E-state index is 12.0. The molecule has 1 unspecified atom stereocenters. The first-order valence-corrected chi connectivity index (χ1v) is 8.80. The van der Waals surface area contributed by atoms with E-state index in [-0.39, 0.29) is 16.5 Å². The van der Waals surface area contributed by atoms with Crippen LogP contribution in [0.15, 0.2) is 16.3 Å². The van der Waals surface area contributed by atoms with Crippen molar-refractivity contribution in [2.24, 2.45) is 5.92 Å². The van der Waals surface area contributed by atoms with E-state index >= 15 is 0 Å². The zero-order valence-electron chi connectivity index (χ0n) is 9.93. The van der Waals surface area contributed by atoms with Crippen LogP contribution in [0.1, 0.15) is 18.2 Å². The Morgan fingerprint density at radius 1 is 1.56 bits per heavy atom. The summed E-state index contributed by atoms with van der Waals surface area (Å²) in [6.07, 6.45) is 1.29. The smallest absolute Gasteiger partial charge is 0.270 e. The number of thiophene rings is 1. The van der Waals surface area contributed by atoms with Crippen LogP contribution in [-0.4, -0.2) is 32.3 Å². The predicted molar refractivity (Wildman–Crippen MR) is 71.4 cm³/mol. The van der Waals surface area contributed by atoms with E-state index in [1.54, 1.807) is 6.07 Å². The summed E-state index contributed by atoms with van der Waals surface area (Å²) in [5, 5.41) is 0. The molecule has 100 valence electrons. The van der Waals surface area contributed by atoms with Crippen molar-refractivity contribution in [3.63, 3.8) is 0 Å². The van der Waals surface area contributed by atoms with Crippen molar-refractivity contribution < 1.29 is 13.2 Å². The molecule has 0 radical (unpaired) electrons. The fraction of sp³-hybridized carbons (Fsp3) is 0.545. The minimum atomic E-state index is -3.68. The molecule has 1 fully saturated rings. The first-order valence-electron chi connectivity index (χ1n) is 5.67. The Bertz CT molecular complexity index is 552. The quantitative estimate of drug-likeness (QED) is 0.804. The van der Waals surface area contributed by atoms with E-state index in [4.69, 9.17) is 10.7 Å². The average molecular weight is 308 g/mol. The molecule has 7 heteroatoms. The van der Waals surface area contributed by atoms with Crippen LogP contribution >= 0.6 is 22.0 Å². The highest BCUT2D eigenvalue weighted by Gasteiger charge is 2.24. The van der Waals surface area contributed by atoms with E-state index in [2.05, 4.69) is 6.92 Å². The second-order valence-corrected chi connectivity index (χ2v) is 8.53. The summed E-state index contributed by atoms with van der Waals surface area (Å²) in [5.41, 5.74) is 0. The highest BCUT2D eigenvalue weighted by Crippen LogP contribution is 2.26. The summed E-state index contributed by atoms with van der Waals surface area (Å²) in [5.74, 6) is 0.607. The number of carbonyl (C=O) groups is 1. The molecule has 1 atom stereocenters. The van der Waals surface area contributed by atoms with Crippen molar-refractivity contribution in [3.8, 4) is 0 Å². The van der Waals surface area contributed by atoms with Crippen molar-refractivity contribution >= 4 is 37.0 Å². The lowest BCUT2D eigenvalue weighted by atomic mass is 10.2. The van der Waals surface area contributed by atoms with Gasteiger partial charge in [-0.1, -0.05) is 6.92 Å². The lowest BCUT2D eigenvalue weighted by Crippen LogP contribution is -2.29. The molecule has 4 nitrogen and oxygen atoms in total. The van der Waals surface area contributed by atoms with Crippen molar-refractivity contribution in [2.75, 3.05) is 13.1 Å². The predicted octanol–water partition coefficient (Wildman–Crippen LogP) is 2.09. The Kier molecular flexibility index (Phi) is 3.99. The number of nitrogens with zero attached hydrogens (tertiary/aromatic N) is 1. The molecule has 2 rings (SSSR count). The molecular formula is C11H14ClNO3S2. The van der Waals surface area contributed by atoms with Gasteiger partial charge in [-0.3, -0.25) is 4.79 Å². The van der Waals surface area contributed by atoms with E-state index in [1.165, 1.54) is 6.07 Å². The van der Waals surface area contributed by atoms with Gasteiger partial charge in [0.15, 0.2) is 0 Å². The van der Waals surface area contributed by atoms with Crippen LogP contribution < -0.4 is 0 Å². The molecule has 0 N–H and O–H groups in total. The van der Waals surface area contributed by atoms with E-state index < -0.39 is 9.05 Å². The summed E-state index contributed by atoms with van der Waals surface area (Å²) >= 11 is 1.06. The third kappa shape index (κ3) is 3.24. The molecule has 1 aliphatic rings. The molecule has 1 amide bonds. The van der Waals surface area contributed by atoms with Crippen LogP contribution in [0.5, 0.6) is 0 Å². The SMILES string of the molecule is CC1CCN(C(=O)Cc2ccc(S(=O)(=O)Cl)s2)C1. The molecule has 0 aliphatic carbocycles. The number of rotatable bonds is 3. The van der Waals surface area contributed by atoms with Gasteiger partial charge in [-0.15, -0.1) is 11.3 Å². The molecule has 0 aromatic carbocycles. The van der Waals surface area contributed by atoms with Gasteiger partial charge in [0.1, 0.15) is 4.21 Å². The van der Waals surface area contributed by atoms with Gasteiger partial charge in [0.2, 0.25) is 5.91 Å². The number of hydrogen-bond donors (Lipinski definition) is 0. The summed E-state index contributed by atoms with van der Waals surface area (Å²) in [6, 6.07) is 3.10. The van der Waals surface area contributed by atoms with Gasteiger partial charge in [0.25, 0.3) is 9.05 Å². The minimum absolute atomic E-state index is 0.0553. The van der Waals surface area contributed by atoms with Gasteiger partial charge >= 0.3 is 0 Å². The largest absolute Gasteiger partial charge is 0.342 e. The molecule has 0 bridgehead atoms. The van der Waals surface area contributed by atoms with Gasteiger partial charge in [0.05, 0.1) is 6.42 Å². The molecule has 1 aromatic heterocycles. The fourth-order valence-corrected chi connectivity index (χ4v) is 4.12. The van der Waals surface area contributed by atoms with E-state index in [9.17, 15) is 13.2 Å². The van der Waals surface area contributed by atoms with Crippen molar-refractivity contribution in [3.05, 3.63) is 17.0 Å². The first kappa shape index (κ1) is 13.8. The summed E-state index contributed by atoms with van der Waals surface area (Å²) in [7, 11) is 1.56. The van der Waals surface area contributed by atoms with E-state index in [0.717, 1.165) is 35.7 Å². The lowest BCUT2D eigenvalue weighted by Gasteiger charge is -2.14. The molecule has 0 spiro atoms. The van der Waals surface area contributed by atoms with Crippen LogP contribution in [0.3, 0.4) is 0 Å². The van der Waals surface area contributed by atoms with Crippen LogP contribution in [0.25, 0.3) is 0 Å². The van der Waals surface area contributed by atoms with Gasteiger partial charge in [0, 0.05) is 28.6 Å². The Balaban J connectivity index is 2.02. The Labute approximate surface area is 115 Å². The molecule has 1 aromatic rings. The van der Waals surface area contributed by atoms with Crippen molar-refractivity contribution in [2.45, 2.75) is 24.0 Å². The van der Waals surface area contributed by atoms with Gasteiger partial charge in [-0.25, -0.2) is 8.42 Å². The third-order valence-corrected chi connectivity index (χ3v) is 6.16. The monoisotopic (exact) mass is 307 g/mol. The summed E-state index contributed by atoms with van der Waals surface area (Å²) < 4.78 is 22.3. The molecule has 18 heavy (non-hydrogen) atoms. The first-order chi connectivity index (χ1) is 8.36. The summed E-state index contributed by atoms with van der Waals surface area (Å²) in [4.78, 5) is 14.5. The topological polar surface area (TPSA) is 54.5 Å². The molecule has 1 saturated heterocycles. The second kappa shape index (κ2) is 5.19. The van der Waals surface area contributed by atoms with Crippen molar-refractivity contribution in [1.29, 1.82) is 0 Å². The van der Waals surface area contributed by atoms with Crippen molar-refractivity contribution in [1.82, 2.24) is 4.90 Å². The molecule has 1 aliphatic heterocycles. The van der Waals surface area contributed by atoms with Gasteiger partial charge in [-0.2, -0.15) is 0 Å². The summed E-state index contributed by atoms with van der Waals surface area (Å²) in [6.45, 7) is 3.72. The van der Waals surface area contributed by atoms with Crippen LogP contribution in [0.4, 0.5) is 0 Å². The molecule has 2 heterocycles. The zero-order chi connectivity index (χ0) is 13.3. The number of halogens is 1. The number of carbonyl (C=O) groups excluding carboxylic acids is 1. The normalized spacial score (nSPS) is 20.3. The maximum absolute atomic E-state index is 12.0. The Morgan fingerprint density at radius 2 is 2.28 bits per heavy atom. The molecular weight excluding hydrogens is 294 g/mol. The van der Waals surface area contributed by atoms with Crippen LogP contribution in [0.2, 0.25) is 0 Å². The maximum Gasteiger partial charge on any atom is 0.270 e. The van der Waals surface area contributed by atoms with Gasteiger partial charge in [-0.05, 0) is 24.5 Å². The third-order valence-electron chi connectivity index (χ3n) is 2.98. The Morgan fingerprint density at radius 3 is 2.78 bits per heavy atom.